The summed E-state index contributed by atoms with van der Waals surface area (Å²) in [5, 5.41) is 39.7. The first-order valence-corrected chi connectivity index (χ1v) is 46.9. The molecule has 0 aromatic carbocycles. The number of hydrogen-bond acceptors (Lipinski definition) is 40. The molecule has 19 rings (SSSR count). The number of esters is 4. The maximum atomic E-state index is 11.9. The van der Waals surface area contributed by atoms with E-state index in [1.807, 2.05) is 28.2 Å². The number of halogens is 3. The van der Waals surface area contributed by atoms with Crippen LogP contribution in [0.5, 0.6) is 0 Å². The Morgan fingerprint density at radius 3 is 1.11 bits per heavy atom. The number of methoxy groups -OCH3 is 4. The number of aliphatic hydroxyl groups is 1. The Morgan fingerprint density at radius 1 is 0.418 bits per heavy atom. The molecule has 141 heavy (non-hydrogen) atoms. The molecule has 13 heterocycles. The second kappa shape index (κ2) is 53.8. The Balaban J connectivity index is 0.000000154. The fourth-order valence-electron chi connectivity index (χ4n) is 13.6. The smallest absolute Gasteiger partial charge is 0.473 e. The minimum absolute atomic E-state index is 0.00450. The number of amides is 6. The number of nitrogen functional groups attached to an aromatic ring is 1. The van der Waals surface area contributed by atoms with Gasteiger partial charge in [-0.3, -0.25) is 48.7 Å². The Hall–Kier alpha value is -12.6. The third-order valence-corrected chi connectivity index (χ3v) is 23.1. The summed E-state index contributed by atoms with van der Waals surface area (Å²) in [6, 6.07) is 3.16. The van der Waals surface area contributed by atoms with Crippen LogP contribution >= 0.6 is 39.1 Å². The number of aromatic nitrogens is 14. The molecule has 754 valence electrons. The van der Waals surface area contributed by atoms with Crippen molar-refractivity contribution < 1.29 is 110 Å². The van der Waals surface area contributed by atoms with Crippen molar-refractivity contribution in [2.24, 2.45) is 41.2 Å². The molecule has 4 aliphatic heterocycles. The van der Waals surface area contributed by atoms with Crippen LogP contribution in [-0.4, -0.2) is 271 Å². The fourth-order valence-corrected chi connectivity index (χ4v) is 14.2. The van der Waals surface area contributed by atoms with Crippen LogP contribution in [0.1, 0.15) is 208 Å². The number of nitrogens with zero attached hydrogens (tertiary/aromatic N) is 16. The lowest BCUT2D eigenvalue weighted by Gasteiger charge is -2.17. The lowest BCUT2D eigenvalue weighted by molar-refractivity contribution is -0.119. The van der Waals surface area contributed by atoms with Crippen molar-refractivity contribution in [3.63, 3.8) is 0 Å². The van der Waals surface area contributed by atoms with Crippen LogP contribution < -0.4 is 43.5 Å². The quantitative estimate of drug-likeness (QED) is 0.0142. The van der Waals surface area contributed by atoms with Crippen molar-refractivity contribution in [2.75, 3.05) is 142 Å². The minimum atomic E-state index is -1.41. The number of hydrogen-bond donors (Lipinski definition) is 10. The summed E-state index contributed by atoms with van der Waals surface area (Å²) in [4.78, 5) is 177. The SMILES string of the molecule is CN(C)Cc1nc(N)cnc1C1CCOC1.CN(C)Cc1nc(NC(=O)C2CC2)cnc1C1CCOC1.COC(=O)c1nc(Br)cnc1Cl.COC(=O)c1nc(NC(=O)C2CC2)cnc1-c1ccoc1.COC(=O)c1nc(NC(=O)C2CC2)cnc1C1CCOC1.COC(=O)c1nc(NC(=O)C2CC2)cnc1Cl.NC(=O)C1CC1.O=C(Nc1cnc(C2CCOC2)c(CO)n1)C1CC1.OB(O)c1ccoc1. The Bertz CT molecular complexity index is 5740. The summed E-state index contributed by atoms with van der Waals surface area (Å²) in [7, 11) is 11.7. The molecule has 4 saturated heterocycles. The normalized spacial score (nSPS) is 17.7. The van der Waals surface area contributed by atoms with Gasteiger partial charge in [0, 0.05) is 110 Å². The van der Waals surface area contributed by atoms with Crippen molar-refractivity contribution in [1.82, 2.24) is 79.6 Å². The van der Waals surface area contributed by atoms with E-state index in [0.717, 1.165) is 164 Å². The van der Waals surface area contributed by atoms with Gasteiger partial charge in [0.15, 0.2) is 62.2 Å². The zero-order valence-electron chi connectivity index (χ0n) is 78.9. The molecule has 4 unspecified atom stereocenters. The molecule has 0 radical (unpaired) electrons. The summed E-state index contributed by atoms with van der Waals surface area (Å²) in [5.41, 5.74) is 17.8. The monoisotopic (exact) mass is 2060 g/mol. The van der Waals surface area contributed by atoms with Gasteiger partial charge in [0.05, 0.1) is 170 Å². The number of primary amides is 1. The highest BCUT2D eigenvalue weighted by Crippen LogP contribution is 2.37. The van der Waals surface area contributed by atoms with E-state index < -0.39 is 31.0 Å². The van der Waals surface area contributed by atoms with Gasteiger partial charge in [-0.25, -0.2) is 69.0 Å². The molecule has 0 spiro atoms. The fraction of sp³-hybridized carbons (Fsp3) is 0.495. The number of aliphatic hydroxyl groups excluding tert-OH is 1. The van der Waals surface area contributed by atoms with Crippen LogP contribution in [0.3, 0.4) is 0 Å². The molecule has 4 atom stereocenters. The van der Waals surface area contributed by atoms with Crippen molar-refractivity contribution >= 4 is 146 Å². The molecule has 46 nitrogen and oxygen atoms in total. The lowest BCUT2D eigenvalue weighted by Crippen LogP contribution is -2.27. The van der Waals surface area contributed by atoms with Crippen LogP contribution in [-0.2, 0) is 86.4 Å². The third-order valence-electron chi connectivity index (χ3n) is 22.1. The summed E-state index contributed by atoms with van der Waals surface area (Å²) < 4.78 is 49.9. The minimum Gasteiger partial charge on any atom is -0.473 e. The molecule has 0 bridgehead atoms. The average molecular weight is 2060 g/mol. The van der Waals surface area contributed by atoms with Gasteiger partial charge in [-0.2, -0.15) is 0 Å². The first-order chi connectivity index (χ1) is 67.8. The van der Waals surface area contributed by atoms with Gasteiger partial charge in [0.25, 0.3) is 0 Å². The van der Waals surface area contributed by atoms with E-state index in [1.165, 1.54) is 84.3 Å². The third kappa shape index (κ3) is 34.7. The van der Waals surface area contributed by atoms with Gasteiger partial charge in [-0.15, -0.1) is 0 Å². The maximum absolute atomic E-state index is 11.9. The maximum Gasteiger partial charge on any atom is 0.491 e. The molecule has 50 heteroatoms. The van der Waals surface area contributed by atoms with Gasteiger partial charge in [0.2, 0.25) is 35.4 Å². The molecule has 9 aromatic heterocycles. The summed E-state index contributed by atoms with van der Waals surface area (Å²) in [6.45, 7) is 6.88. The molecule has 9 aromatic rings. The molecular weight excluding hydrogens is 1940 g/mol. The topological polar surface area (TPSA) is 631 Å². The Morgan fingerprint density at radius 2 is 0.752 bits per heavy atom. The average Bonchev–Trinajstić information content (AvgIpc) is 1.62. The summed E-state index contributed by atoms with van der Waals surface area (Å²) in [6.07, 6.45) is 31.0. The highest BCUT2D eigenvalue weighted by molar-refractivity contribution is 9.10. The molecule has 12 N–H and O–H groups in total. The van der Waals surface area contributed by atoms with Crippen molar-refractivity contribution in [3.05, 3.63) is 158 Å². The highest BCUT2D eigenvalue weighted by Gasteiger charge is 2.37. The molecule has 10 fully saturated rings. The van der Waals surface area contributed by atoms with Crippen molar-refractivity contribution in [1.29, 1.82) is 0 Å². The standard InChI is InChI=1S/C15H22N4O2.C14H17N3O4.C14H13N3O4.C13H17N3O3.C11H18N4O.C10H10ClN3O3.C6H4BrClN2O2.C4H5BO3.C4H7NO/c1-19(2)8-12-14(11-5-6-21-9-11)16-7-13(17-12)18-15(20)10-3-4-10;2*1-20-14(19)12-11(9-4-5-21-7-9)15-6-10(16-12)17-13(18)8-2-3-8;17-6-10-12(9-3-4-19-7-9)14-5-11(15-10)16-13(18)8-1-2-8;1-15(2)6-9-11(8-3-4-16-7-8)13-5-10(12)14-9;1-17-10(16)7-8(11)12-4-6(13-7)14-9(15)5-2-3-5;1-12-6(11)4-5(8)9-2-3(7)10-4;6-5(7)4-1-2-8-3-4;5-4(6)3-1-2-3/h7,10-11H,3-6,8-9H2,1-2H3,(H,17,18,20);6,8-9H,2-5,7H2,1H3,(H,16,17,18);4-8H,2-3H2,1H3,(H,16,17,18);5,8-9,17H,1-4,6-7H2,(H,15,16,18);5,8H,3-4,6-7H2,1-2H3,(H2,12,14);4-5H,2-3H2,1H3,(H,13,14,15);2H,1H3;1-3,6-7H;3H,1-2H2,(H2,5,6). The van der Waals surface area contributed by atoms with E-state index >= 15 is 0 Å². The molecule has 6 saturated carbocycles. The molecule has 6 aliphatic carbocycles. The molecular formula is C91H113BBrCl2N23O23. The van der Waals surface area contributed by atoms with Gasteiger partial charge in [-0.05, 0) is 159 Å². The van der Waals surface area contributed by atoms with Gasteiger partial charge < -0.3 is 110 Å². The zero-order chi connectivity index (χ0) is 101. The zero-order valence-corrected chi connectivity index (χ0v) is 82.0. The number of nitrogens with two attached hydrogens (primary N) is 2. The highest BCUT2D eigenvalue weighted by atomic mass is 79.9. The van der Waals surface area contributed by atoms with Crippen molar-refractivity contribution in [3.8, 4) is 11.3 Å². The van der Waals surface area contributed by atoms with Crippen LogP contribution in [0, 0.1) is 35.5 Å². The predicted molar refractivity (Wildman–Crippen MR) is 510 cm³/mol. The number of anilines is 6. The molecule has 6 amide bonds. The number of carbonyl (C=O) groups excluding carboxylic acids is 10. The number of carbonyl (C=O) groups is 10. The van der Waals surface area contributed by atoms with E-state index in [9.17, 15) is 53.1 Å². The second-order valence-electron chi connectivity index (χ2n) is 34.2. The van der Waals surface area contributed by atoms with E-state index in [0.29, 0.717) is 95.0 Å². The van der Waals surface area contributed by atoms with Crippen LogP contribution in [0.2, 0.25) is 10.3 Å². The largest absolute Gasteiger partial charge is 0.491 e. The number of furan rings is 2. The lowest BCUT2D eigenvalue weighted by atomic mass is 9.83. The molecule has 10 aliphatic rings. The Kier molecular flexibility index (Phi) is 41.5. The van der Waals surface area contributed by atoms with Gasteiger partial charge >= 0.3 is 31.0 Å². The second-order valence-corrected chi connectivity index (χ2v) is 35.8. The number of rotatable bonds is 26. The van der Waals surface area contributed by atoms with Crippen molar-refractivity contribution in [2.45, 2.75) is 146 Å². The van der Waals surface area contributed by atoms with Crippen LogP contribution in [0.15, 0.2) is 94.0 Å². The first kappa shape index (κ1) is 109. The van der Waals surface area contributed by atoms with Gasteiger partial charge in [-0.1, -0.05) is 23.2 Å². The van der Waals surface area contributed by atoms with E-state index in [1.54, 1.807) is 24.7 Å². The summed E-state index contributed by atoms with van der Waals surface area (Å²) >= 11 is 14.3. The summed E-state index contributed by atoms with van der Waals surface area (Å²) in [5.74, 6) is 1.01. The van der Waals surface area contributed by atoms with Crippen LogP contribution in [0.4, 0.5) is 34.9 Å². The van der Waals surface area contributed by atoms with Crippen LogP contribution in [0.25, 0.3) is 11.3 Å². The number of nitrogens with one attached hydrogen (secondary N) is 5. The van der Waals surface area contributed by atoms with E-state index in [-0.39, 0.29) is 140 Å². The van der Waals surface area contributed by atoms with Gasteiger partial charge in [0.1, 0.15) is 16.1 Å². The predicted octanol–water partition coefficient (Wildman–Crippen LogP) is 7.61. The number of ether oxygens (including phenoxy) is 8. The van der Waals surface area contributed by atoms with E-state index in [2.05, 4.69) is 136 Å². The Labute approximate surface area is 829 Å². The van der Waals surface area contributed by atoms with E-state index in [4.69, 9.17) is 77.6 Å². The first-order valence-electron chi connectivity index (χ1n) is 45.4.